The van der Waals surface area contributed by atoms with Gasteiger partial charge in [-0.25, -0.2) is 19.7 Å². The lowest BCUT2D eigenvalue weighted by Gasteiger charge is -2.27. The number of carbonyl (C=O) groups is 1. The molecule has 0 radical (unpaired) electrons. The van der Waals surface area contributed by atoms with E-state index in [1.807, 2.05) is 19.1 Å². The highest BCUT2D eigenvalue weighted by atomic mass is 16.5. The second-order valence-corrected chi connectivity index (χ2v) is 7.74. The van der Waals surface area contributed by atoms with Crippen LogP contribution in [0.15, 0.2) is 48.7 Å². The number of anilines is 2. The number of morpholine rings is 1. The van der Waals surface area contributed by atoms with E-state index in [-0.39, 0.29) is 12.1 Å². The summed E-state index contributed by atoms with van der Waals surface area (Å²) in [6, 6.07) is 13.7. The highest BCUT2D eigenvalue weighted by Gasteiger charge is 2.14. The minimum atomic E-state index is -0.267. The van der Waals surface area contributed by atoms with Crippen molar-refractivity contribution >= 4 is 28.8 Å². The number of hydrogen-bond acceptors (Lipinski definition) is 6. The Morgan fingerprint density at radius 3 is 2.74 bits per heavy atom. The van der Waals surface area contributed by atoms with Crippen LogP contribution in [0.1, 0.15) is 25.3 Å². The van der Waals surface area contributed by atoms with Crippen LogP contribution in [0.5, 0.6) is 0 Å². The number of urea groups is 1. The summed E-state index contributed by atoms with van der Waals surface area (Å²) in [6.45, 7) is 4.93. The van der Waals surface area contributed by atoms with E-state index in [2.05, 4.69) is 54.8 Å². The van der Waals surface area contributed by atoms with E-state index in [1.165, 1.54) is 5.56 Å². The van der Waals surface area contributed by atoms with Crippen molar-refractivity contribution < 1.29 is 9.53 Å². The fraction of sp³-hybridized carbons (Fsp3) is 0.391. The van der Waals surface area contributed by atoms with Crippen molar-refractivity contribution in [3.05, 3.63) is 54.2 Å². The molecule has 0 aliphatic carbocycles. The molecule has 2 N–H and O–H groups in total. The quantitative estimate of drug-likeness (QED) is 0.609. The maximum absolute atomic E-state index is 12.4. The number of aryl methyl sites for hydroxylation is 1. The molecule has 3 aromatic rings. The van der Waals surface area contributed by atoms with Crippen molar-refractivity contribution in [2.45, 2.75) is 32.2 Å². The van der Waals surface area contributed by atoms with E-state index in [9.17, 15) is 4.79 Å². The molecule has 1 fully saturated rings. The van der Waals surface area contributed by atoms with Gasteiger partial charge in [0.1, 0.15) is 17.2 Å². The number of benzene rings is 1. The van der Waals surface area contributed by atoms with Gasteiger partial charge in [-0.2, -0.15) is 0 Å². The zero-order valence-electron chi connectivity index (χ0n) is 17.8. The fourth-order valence-electron chi connectivity index (χ4n) is 3.61. The van der Waals surface area contributed by atoms with E-state index < -0.39 is 0 Å². The molecule has 31 heavy (non-hydrogen) atoms. The molecule has 1 aliphatic heterocycles. The molecule has 1 unspecified atom stereocenters. The van der Waals surface area contributed by atoms with Gasteiger partial charge in [0.15, 0.2) is 5.65 Å². The number of rotatable bonds is 7. The van der Waals surface area contributed by atoms with Gasteiger partial charge in [-0.3, -0.25) is 5.32 Å². The third-order valence-corrected chi connectivity index (χ3v) is 5.29. The molecular weight excluding hydrogens is 392 g/mol. The van der Waals surface area contributed by atoms with Gasteiger partial charge in [0, 0.05) is 19.1 Å². The lowest BCUT2D eigenvalue weighted by atomic mass is 10.1. The Morgan fingerprint density at radius 1 is 1.13 bits per heavy atom. The number of aromatic nitrogens is 3. The largest absolute Gasteiger partial charge is 0.378 e. The molecule has 0 saturated carbocycles. The predicted octanol–water partition coefficient (Wildman–Crippen LogP) is 3.39. The highest BCUT2D eigenvalue weighted by molar-refractivity contribution is 5.89. The Kier molecular flexibility index (Phi) is 6.89. The van der Waals surface area contributed by atoms with Gasteiger partial charge in [0.05, 0.1) is 19.4 Å². The molecule has 1 aromatic carbocycles. The van der Waals surface area contributed by atoms with Crippen molar-refractivity contribution in [2.24, 2.45) is 0 Å². The monoisotopic (exact) mass is 420 g/mol. The number of nitrogens with one attached hydrogen (secondary N) is 2. The van der Waals surface area contributed by atoms with E-state index >= 15 is 0 Å². The average molecular weight is 421 g/mol. The number of nitrogens with zero attached hydrogens (tertiary/aromatic N) is 4. The maximum Gasteiger partial charge on any atom is 0.320 e. The van der Waals surface area contributed by atoms with Crippen LogP contribution in [0.4, 0.5) is 16.4 Å². The summed E-state index contributed by atoms with van der Waals surface area (Å²) in [5.41, 5.74) is 2.52. The number of amides is 2. The average Bonchev–Trinajstić information content (AvgIpc) is 2.80. The molecule has 1 saturated heterocycles. The van der Waals surface area contributed by atoms with Crippen LogP contribution in [-0.2, 0) is 11.2 Å². The highest BCUT2D eigenvalue weighted by Crippen LogP contribution is 2.17. The molecule has 1 aliphatic rings. The van der Waals surface area contributed by atoms with Crippen molar-refractivity contribution in [2.75, 3.05) is 36.5 Å². The van der Waals surface area contributed by atoms with Crippen LogP contribution in [0, 0.1) is 0 Å². The third kappa shape index (κ3) is 5.88. The minimum Gasteiger partial charge on any atom is -0.378 e. The number of fused-ring (bicyclic) bond motifs is 1. The van der Waals surface area contributed by atoms with Gasteiger partial charge in [0.2, 0.25) is 0 Å². The van der Waals surface area contributed by atoms with Gasteiger partial charge in [-0.05, 0) is 43.9 Å². The summed E-state index contributed by atoms with van der Waals surface area (Å²) in [4.78, 5) is 28.1. The standard InChI is InChI=1S/C23H28N6O2/c1-17(6-5-9-18-7-3-2-4-8-18)25-23(30)27-20-11-10-19-22(26-20)28-21(16-24-19)29-12-14-31-15-13-29/h2-4,7-8,10-11,16-17H,5-6,9,12-15H2,1H3,(H2,25,26,27,28,30). The first-order valence-corrected chi connectivity index (χ1v) is 10.8. The van der Waals surface area contributed by atoms with Crippen LogP contribution in [0.25, 0.3) is 11.2 Å². The third-order valence-electron chi connectivity index (χ3n) is 5.29. The number of pyridine rings is 1. The minimum absolute atomic E-state index is 0.0666. The van der Waals surface area contributed by atoms with Crippen LogP contribution in [0.2, 0.25) is 0 Å². The van der Waals surface area contributed by atoms with Crippen LogP contribution in [0.3, 0.4) is 0 Å². The topological polar surface area (TPSA) is 92.3 Å². The van der Waals surface area contributed by atoms with Crippen LogP contribution in [-0.4, -0.2) is 53.3 Å². The molecule has 0 bridgehead atoms. The van der Waals surface area contributed by atoms with Crippen molar-refractivity contribution in [1.82, 2.24) is 20.3 Å². The Morgan fingerprint density at radius 2 is 1.94 bits per heavy atom. The molecule has 2 aromatic heterocycles. The normalized spacial score (nSPS) is 14.9. The lowest BCUT2D eigenvalue weighted by Crippen LogP contribution is -2.37. The summed E-state index contributed by atoms with van der Waals surface area (Å²) in [5, 5.41) is 5.79. The second kappa shape index (κ2) is 10.2. The van der Waals surface area contributed by atoms with Gasteiger partial charge in [-0.1, -0.05) is 30.3 Å². The molecule has 4 rings (SSSR count). The van der Waals surface area contributed by atoms with Gasteiger partial charge in [-0.15, -0.1) is 0 Å². The van der Waals surface area contributed by atoms with Gasteiger partial charge < -0.3 is 15.0 Å². The fourth-order valence-corrected chi connectivity index (χ4v) is 3.61. The molecule has 8 heteroatoms. The van der Waals surface area contributed by atoms with E-state index in [4.69, 9.17) is 4.74 Å². The lowest BCUT2D eigenvalue weighted by molar-refractivity contribution is 0.122. The van der Waals surface area contributed by atoms with Gasteiger partial charge in [0.25, 0.3) is 0 Å². The van der Waals surface area contributed by atoms with Crippen LogP contribution < -0.4 is 15.5 Å². The number of ether oxygens (including phenoxy) is 1. The molecule has 8 nitrogen and oxygen atoms in total. The van der Waals surface area contributed by atoms with Crippen molar-refractivity contribution in [3.63, 3.8) is 0 Å². The molecular formula is C23H28N6O2. The zero-order valence-corrected chi connectivity index (χ0v) is 17.8. The second-order valence-electron chi connectivity index (χ2n) is 7.74. The van der Waals surface area contributed by atoms with Crippen LogP contribution >= 0.6 is 0 Å². The summed E-state index contributed by atoms with van der Waals surface area (Å²) < 4.78 is 5.39. The Hall–Kier alpha value is -3.26. The SMILES string of the molecule is CC(CCCc1ccccc1)NC(=O)Nc1ccc2ncc(N3CCOCC3)nc2n1. The maximum atomic E-state index is 12.4. The predicted molar refractivity (Wildman–Crippen MR) is 121 cm³/mol. The first-order chi connectivity index (χ1) is 15.2. The summed E-state index contributed by atoms with van der Waals surface area (Å²) in [5.74, 6) is 1.23. The van der Waals surface area contributed by atoms with Crippen molar-refractivity contribution in [1.29, 1.82) is 0 Å². The number of hydrogen-bond donors (Lipinski definition) is 2. The first kappa shape index (κ1) is 21.0. The Bertz CT molecular complexity index is 1010. The molecule has 162 valence electrons. The summed E-state index contributed by atoms with van der Waals surface area (Å²) in [6.07, 6.45) is 4.68. The number of carbonyl (C=O) groups excluding carboxylic acids is 1. The van der Waals surface area contributed by atoms with Gasteiger partial charge >= 0.3 is 6.03 Å². The van der Waals surface area contributed by atoms with E-state index in [0.717, 1.165) is 38.2 Å². The Labute approximate surface area is 182 Å². The van der Waals surface area contributed by atoms with E-state index in [1.54, 1.807) is 12.3 Å². The molecule has 2 amide bonds. The smallest absolute Gasteiger partial charge is 0.320 e. The Balaban J connectivity index is 1.31. The van der Waals surface area contributed by atoms with Crippen molar-refractivity contribution in [3.8, 4) is 0 Å². The zero-order chi connectivity index (χ0) is 21.5. The first-order valence-electron chi connectivity index (χ1n) is 10.8. The summed E-state index contributed by atoms with van der Waals surface area (Å²) >= 11 is 0. The summed E-state index contributed by atoms with van der Waals surface area (Å²) in [7, 11) is 0. The molecule has 0 spiro atoms. The molecule has 3 heterocycles. The van der Waals surface area contributed by atoms with E-state index in [0.29, 0.717) is 30.2 Å². The molecule has 1 atom stereocenters.